The molecule has 1 saturated heterocycles. The Hall–Kier alpha value is -2.99. The number of aryl methyl sites for hydroxylation is 1. The maximum Gasteiger partial charge on any atom is 0.227 e. The second-order valence-electron chi connectivity index (χ2n) is 11.3. The van der Waals surface area contributed by atoms with E-state index >= 15 is 0 Å². The molecule has 0 bridgehead atoms. The Bertz CT molecular complexity index is 1220. The minimum atomic E-state index is -0.314. The summed E-state index contributed by atoms with van der Waals surface area (Å²) in [5, 5.41) is 7.45. The molecule has 1 amide bonds. The number of amides is 1. The van der Waals surface area contributed by atoms with Gasteiger partial charge in [-0.3, -0.25) is 9.69 Å². The maximum absolute atomic E-state index is 13.8. The number of rotatable bonds is 8. The molecule has 1 N–H and O–H groups in total. The van der Waals surface area contributed by atoms with E-state index in [1.54, 1.807) is 12.1 Å². The molecule has 2 heterocycles. The number of aromatic nitrogens is 1. The summed E-state index contributed by atoms with van der Waals surface area (Å²) < 4.78 is 19.0. The number of likely N-dealkylation sites (tertiary alicyclic amines) is 1. The van der Waals surface area contributed by atoms with E-state index in [1.807, 2.05) is 13.8 Å². The lowest BCUT2D eigenvalue weighted by molar-refractivity contribution is -0.139. The molecule has 3 aromatic rings. The number of nitrogens with zero attached hydrogens (tertiary/aromatic N) is 2. The van der Waals surface area contributed by atoms with E-state index in [2.05, 4.69) is 46.6 Å². The molecule has 1 saturated carbocycles. The Kier molecular flexibility index (Phi) is 7.98. The zero-order chi connectivity index (χ0) is 26.7. The van der Waals surface area contributed by atoms with E-state index in [0.29, 0.717) is 5.92 Å². The molecule has 5 nitrogen and oxygen atoms in total. The normalized spacial score (nSPS) is 18.9. The third kappa shape index (κ3) is 5.42. The highest BCUT2D eigenvalue weighted by Crippen LogP contribution is 2.47. The highest BCUT2D eigenvalue weighted by molar-refractivity contribution is 5.83. The molecule has 0 radical (unpaired) electrons. The Morgan fingerprint density at radius 3 is 2.39 bits per heavy atom. The lowest BCUT2D eigenvalue weighted by Gasteiger charge is -2.45. The number of hydrogen-bond acceptors (Lipinski definition) is 4. The molecule has 5 rings (SSSR count). The van der Waals surface area contributed by atoms with E-state index < -0.39 is 0 Å². The van der Waals surface area contributed by atoms with Gasteiger partial charge in [-0.1, -0.05) is 61.3 Å². The van der Waals surface area contributed by atoms with Crippen LogP contribution < -0.4 is 5.32 Å². The molecule has 38 heavy (non-hydrogen) atoms. The molecule has 2 aromatic carbocycles. The van der Waals surface area contributed by atoms with Crippen LogP contribution in [0.5, 0.6) is 0 Å². The predicted molar refractivity (Wildman–Crippen MR) is 148 cm³/mol. The van der Waals surface area contributed by atoms with Gasteiger partial charge in [-0.2, -0.15) is 0 Å². The van der Waals surface area contributed by atoms with Crippen LogP contribution in [-0.2, 0) is 17.8 Å². The van der Waals surface area contributed by atoms with E-state index in [4.69, 9.17) is 4.52 Å². The van der Waals surface area contributed by atoms with Crippen molar-refractivity contribution in [2.24, 2.45) is 11.3 Å². The summed E-state index contributed by atoms with van der Waals surface area (Å²) in [7, 11) is 0. The topological polar surface area (TPSA) is 58.4 Å². The van der Waals surface area contributed by atoms with Crippen LogP contribution in [0.2, 0.25) is 0 Å². The maximum atomic E-state index is 13.8. The van der Waals surface area contributed by atoms with E-state index in [-0.39, 0.29) is 23.2 Å². The average molecular weight is 518 g/mol. The summed E-state index contributed by atoms with van der Waals surface area (Å²) in [4.78, 5) is 16.3. The molecule has 202 valence electrons. The first-order valence-corrected chi connectivity index (χ1v) is 14.2. The van der Waals surface area contributed by atoms with Crippen LogP contribution in [0.3, 0.4) is 0 Å². The van der Waals surface area contributed by atoms with Gasteiger partial charge in [0.1, 0.15) is 5.82 Å². The second-order valence-corrected chi connectivity index (χ2v) is 11.3. The minimum absolute atomic E-state index is 0.140. The Labute approximate surface area is 225 Å². The highest BCUT2D eigenvalue weighted by atomic mass is 19.1. The lowest BCUT2D eigenvalue weighted by atomic mass is 9.67. The van der Waals surface area contributed by atoms with E-state index in [9.17, 15) is 9.18 Å². The second kappa shape index (κ2) is 11.4. The smallest absolute Gasteiger partial charge is 0.227 e. The van der Waals surface area contributed by atoms with Crippen molar-refractivity contribution in [2.75, 3.05) is 13.1 Å². The summed E-state index contributed by atoms with van der Waals surface area (Å²) in [6.07, 6.45) is 7.38. The van der Waals surface area contributed by atoms with Crippen molar-refractivity contribution >= 4 is 5.91 Å². The van der Waals surface area contributed by atoms with Crippen molar-refractivity contribution in [1.82, 2.24) is 15.4 Å². The molecule has 1 atom stereocenters. The van der Waals surface area contributed by atoms with Crippen LogP contribution in [-0.4, -0.2) is 29.1 Å². The highest BCUT2D eigenvalue weighted by Gasteiger charge is 2.48. The summed E-state index contributed by atoms with van der Waals surface area (Å²) in [6, 6.07) is 14.9. The summed E-state index contributed by atoms with van der Waals surface area (Å²) in [6.45, 7) is 8.82. The van der Waals surface area contributed by atoms with Crippen molar-refractivity contribution in [2.45, 2.75) is 78.3 Å². The summed E-state index contributed by atoms with van der Waals surface area (Å²) >= 11 is 0. The molecule has 2 fully saturated rings. The van der Waals surface area contributed by atoms with Crippen molar-refractivity contribution in [3.63, 3.8) is 0 Å². The van der Waals surface area contributed by atoms with Crippen molar-refractivity contribution in [1.29, 1.82) is 0 Å². The molecular formula is C32H40FN3O2. The number of halogens is 1. The van der Waals surface area contributed by atoms with Gasteiger partial charge in [0.05, 0.1) is 17.2 Å². The number of nitrogens with one attached hydrogen (secondary N) is 1. The predicted octanol–water partition coefficient (Wildman–Crippen LogP) is 7.00. The quantitative estimate of drug-likeness (QED) is 0.349. The van der Waals surface area contributed by atoms with Crippen molar-refractivity contribution < 1.29 is 13.7 Å². The number of carbonyl (C=O) groups is 1. The van der Waals surface area contributed by atoms with Gasteiger partial charge in [0.15, 0.2) is 5.76 Å². The summed E-state index contributed by atoms with van der Waals surface area (Å²) in [5.74, 6) is 1.24. The minimum Gasteiger partial charge on any atom is -0.356 e. The van der Waals surface area contributed by atoms with Crippen LogP contribution in [0.25, 0.3) is 11.3 Å². The fraction of sp³-hybridized carbons (Fsp3) is 0.500. The van der Waals surface area contributed by atoms with Gasteiger partial charge >= 0.3 is 0 Å². The number of hydrogen-bond donors (Lipinski definition) is 1. The average Bonchev–Trinajstić information content (AvgIpc) is 3.60. The molecule has 1 unspecified atom stereocenters. The van der Waals surface area contributed by atoms with Gasteiger partial charge in [-0.15, -0.1) is 0 Å². The van der Waals surface area contributed by atoms with Gasteiger partial charge in [0.2, 0.25) is 5.91 Å². The zero-order valence-corrected chi connectivity index (χ0v) is 22.9. The van der Waals surface area contributed by atoms with Gasteiger partial charge < -0.3 is 9.84 Å². The third-order valence-corrected chi connectivity index (χ3v) is 9.02. The van der Waals surface area contributed by atoms with Crippen LogP contribution in [0.15, 0.2) is 53.1 Å². The van der Waals surface area contributed by atoms with Crippen LogP contribution in [0.1, 0.15) is 80.8 Å². The van der Waals surface area contributed by atoms with Crippen LogP contribution in [0.4, 0.5) is 4.39 Å². The lowest BCUT2D eigenvalue weighted by Crippen LogP contribution is -2.52. The Balaban J connectivity index is 1.24. The Morgan fingerprint density at radius 1 is 1.11 bits per heavy atom. The first kappa shape index (κ1) is 26.6. The summed E-state index contributed by atoms with van der Waals surface area (Å²) in [5.41, 5.74) is 5.09. The first-order chi connectivity index (χ1) is 18.4. The monoisotopic (exact) mass is 517 g/mol. The number of piperidine rings is 1. The van der Waals surface area contributed by atoms with E-state index in [0.717, 1.165) is 74.3 Å². The zero-order valence-electron chi connectivity index (χ0n) is 22.9. The van der Waals surface area contributed by atoms with Crippen LogP contribution in [0, 0.1) is 24.1 Å². The van der Waals surface area contributed by atoms with E-state index in [1.165, 1.54) is 36.1 Å². The van der Waals surface area contributed by atoms with Gasteiger partial charge in [-0.05, 0) is 88.2 Å². The molecule has 1 aromatic heterocycles. The largest absolute Gasteiger partial charge is 0.356 e. The Morgan fingerprint density at radius 2 is 1.76 bits per heavy atom. The standard InChI is InChI=1S/C32H40FN3O2/c1-4-29-23(3)35-38-30(29)26-11-9-24(10-12-26)21-36-19-17-32(18-20-36,27-7-5-6-8-27)31(37)34-22(2)25-13-15-28(33)16-14-25/h9-16,22,27H,4-8,17-21H2,1-3H3,(H,34,37). The molecule has 0 spiro atoms. The molecule has 2 aliphatic rings. The first-order valence-electron chi connectivity index (χ1n) is 14.2. The van der Waals surface area contributed by atoms with Gasteiger partial charge in [0, 0.05) is 17.7 Å². The SMILES string of the molecule is CCc1c(C)noc1-c1ccc(CN2CCC(C(=O)NC(C)c3ccc(F)cc3)(C3CCCC3)CC2)cc1. The molecule has 6 heteroatoms. The molecular weight excluding hydrogens is 477 g/mol. The van der Waals surface area contributed by atoms with Crippen molar-refractivity contribution in [3.05, 3.63) is 76.7 Å². The fourth-order valence-electron chi connectivity index (χ4n) is 6.64. The van der Waals surface area contributed by atoms with Crippen molar-refractivity contribution in [3.8, 4) is 11.3 Å². The van der Waals surface area contributed by atoms with Crippen LogP contribution >= 0.6 is 0 Å². The molecule has 1 aliphatic heterocycles. The number of carbonyl (C=O) groups excluding carboxylic acids is 1. The van der Waals surface area contributed by atoms with Gasteiger partial charge in [-0.25, -0.2) is 4.39 Å². The molecule has 1 aliphatic carbocycles. The number of benzene rings is 2. The fourth-order valence-corrected chi connectivity index (χ4v) is 6.64. The third-order valence-electron chi connectivity index (χ3n) is 9.02. The van der Waals surface area contributed by atoms with Gasteiger partial charge in [0.25, 0.3) is 0 Å².